The Balaban J connectivity index is 1.94. The van der Waals surface area contributed by atoms with Crippen molar-refractivity contribution in [3.63, 3.8) is 0 Å². The fraction of sp³-hybridized carbons (Fsp3) is 0.385. The molecule has 0 radical (unpaired) electrons. The molecule has 110 valence electrons. The lowest BCUT2D eigenvalue weighted by molar-refractivity contribution is -0.124. The topological polar surface area (TPSA) is 104 Å². The lowest BCUT2D eigenvalue weighted by atomic mass is 10.00. The molecule has 1 amide bonds. The van der Waals surface area contributed by atoms with Gasteiger partial charge in [0.25, 0.3) is 0 Å². The Bertz CT molecular complexity index is 692. The van der Waals surface area contributed by atoms with E-state index in [-0.39, 0.29) is 28.0 Å². The van der Waals surface area contributed by atoms with Gasteiger partial charge in [0.15, 0.2) is 0 Å². The molecular weight excluding hydrogens is 296 g/mol. The average Bonchev–Trinajstić information content (AvgIpc) is 2.85. The number of aryl methyl sites for hydroxylation is 1. The fourth-order valence-corrected chi connectivity index (χ4v) is 2.71. The maximum absolute atomic E-state index is 12.4. The zero-order valence-electron chi connectivity index (χ0n) is 11.2. The van der Waals surface area contributed by atoms with Crippen LogP contribution in [0, 0.1) is 6.92 Å². The molecular formula is C13H13ClN4O3. The van der Waals surface area contributed by atoms with Gasteiger partial charge in [-0.25, -0.2) is 4.98 Å². The van der Waals surface area contributed by atoms with E-state index < -0.39 is 17.6 Å². The van der Waals surface area contributed by atoms with Crippen LogP contribution in [0.3, 0.4) is 0 Å². The van der Waals surface area contributed by atoms with E-state index >= 15 is 0 Å². The average molecular weight is 309 g/mol. The number of carbonyl (C=O) groups is 3. The summed E-state index contributed by atoms with van der Waals surface area (Å²) in [5.41, 5.74) is 0.0875. The second-order valence-corrected chi connectivity index (χ2v) is 5.40. The molecule has 2 heterocycles. The highest BCUT2D eigenvalue weighted by molar-refractivity contribution is 6.49. The van der Waals surface area contributed by atoms with Crippen LogP contribution in [0.25, 0.3) is 0 Å². The molecule has 0 aromatic carbocycles. The summed E-state index contributed by atoms with van der Waals surface area (Å²) in [6, 6.07) is -0.569. The van der Waals surface area contributed by atoms with Crippen LogP contribution < -0.4 is 10.6 Å². The van der Waals surface area contributed by atoms with E-state index in [1.807, 2.05) is 0 Å². The summed E-state index contributed by atoms with van der Waals surface area (Å²) in [5, 5.41) is 5.29. The van der Waals surface area contributed by atoms with Crippen LogP contribution in [0.5, 0.6) is 0 Å². The van der Waals surface area contributed by atoms with Gasteiger partial charge in [0, 0.05) is 6.54 Å². The SMILES string of the molecule is Cc1nc2c([nH]1)C(=O)C(Cl)=C(N[C@H]1CCCNC1=O)C2=O. The van der Waals surface area contributed by atoms with Crippen molar-refractivity contribution in [1.82, 2.24) is 20.6 Å². The molecule has 0 bridgehead atoms. The normalized spacial score (nSPS) is 22.2. The monoisotopic (exact) mass is 308 g/mol. The highest BCUT2D eigenvalue weighted by Crippen LogP contribution is 2.26. The van der Waals surface area contributed by atoms with Gasteiger partial charge >= 0.3 is 0 Å². The number of rotatable bonds is 2. The van der Waals surface area contributed by atoms with Crippen molar-refractivity contribution in [3.8, 4) is 0 Å². The third-order valence-electron chi connectivity index (χ3n) is 3.51. The van der Waals surface area contributed by atoms with Crippen LogP contribution in [0.2, 0.25) is 0 Å². The zero-order chi connectivity index (χ0) is 15.1. The zero-order valence-corrected chi connectivity index (χ0v) is 12.0. The van der Waals surface area contributed by atoms with Crippen molar-refractivity contribution in [2.45, 2.75) is 25.8 Å². The molecule has 1 fully saturated rings. The molecule has 0 spiro atoms. The highest BCUT2D eigenvalue weighted by Gasteiger charge is 2.36. The van der Waals surface area contributed by atoms with E-state index in [9.17, 15) is 14.4 Å². The van der Waals surface area contributed by atoms with Crippen molar-refractivity contribution < 1.29 is 14.4 Å². The number of Topliss-reactive ketones (excluding diaryl/α,β-unsaturated/α-hetero) is 2. The molecule has 0 saturated carbocycles. The smallest absolute Gasteiger partial charge is 0.242 e. The Hall–Kier alpha value is -2.15. The second kappa shape index (κ2) is 5.00. The van der Waals surface area contributed by atoms with Gasteiger partial charge in [-0.1, -0.05) is 11.6 Å². The number of carbonyl (C=O) groups excluding carboxylic acids is 3. The number of H-pyrrole nitrogens is 1. The first-order valence-electron chi connectivity index (χ1n) is 6.59. The minimum atomic E-state index is -0.569. The van der Waals surface area contributed by atoms with Gasteiger partial charge in [-0.3, -0.25) is 14.4 Å². The molecule has 1 aromatic rings. The van der Waals surface area contributed by atoms with E-state index in [1.165, 1.54) is 0 Å². The standard InChI is InChI=1S/C13H13ClN4O3/c1-5-16-9-10(17-5)12(20)8(7(14)11(9)19)18-6-3-2-4-15-13(6)21/h6,18H,2-4H2,1H3,(H,15,21)(H,16,17)/t6-/m0/s1. The Kier molecular flexibility index (Phi) is 3.29. The van der Waals surface area contributed by atoms with Gasteiger partial charge in [-0.15, -0.1) is 0 Å². The summed E-state index contributed by atoms with van der Waals surface area (Å²) in [7, 11) is 0. The largest absolute Gasteiger partial charge is 0.369 e. The van der Waals surface area contributed by atoms with Crippen LogP contribution in [0.15, 0.2) is 10.7 Å². The molecule has 1 aliphatic carbocycles. The lowest BCUT2D eigenvalue weighted by Gasteiger charge is -2.25. The number of amides is 1. The van der Waals surface area contributed by atoms with Crippen molar-refractivity contribution in [3.05, 3.63) is 27.9 Å². The van der Waals surface area contributed by atoms with Crippen molar-refractivity contribution in [2.75, 3.05) is 6.54 Å². The quantitative estimate of drug-likeness (QED) is 0.734. The first-order valence-corrected chi connectivity index (χ1v) is 6.97. The summed E-state index contributed by atoms with van der Waals surface area (Å²) in [5.74, 6) is -0.715. The number of fused-ring (bicyclic) bond motifs is 1. The third kappa shape index (κ3) is 2.23. The first-order chi connectivity index (χ1) is 9.99. The maximum Gasteiger partial charge on any atom is 0.242 e. The number of aromatic nitrogens is 2. The lowest BCUT2D eigenvalue weighted by Crippen LogP contribution is -2.49. The number of hydrogen-bond acceptors (Lipinski definition) is 5. The molecule has 3 rings (SSSR count). The molecule has 2 aliphatic rings. The Morgan fingerprint density at radius 2 is 2.05 bits per heavy atom. The molecule has 1 atom stereocenters. The van der Waals surface area contributed by atoms with Crippen LogP contribution in [-0.2, 0) is 4.79 Å². The molecule has 8 heteroatoms. The van der Waals surface area contributed by atoms with Crippen LogP contribution in [0.1, 0.15) is 39.6 Å². The van der Waals surface area contributed by atoms with E-state index in [0.29, 0.717) is 18.8 Å². The van der Waals surface area contributed by atoms with Gasteiger partial charge in [0.05, 0.1) is 0 Å². The minimum Gasteiger partial charge on any atom is -0.369 e. The summed E-state index contributed by atoms with van der Waals surface area (Å²) in [4.78, 5) is 43.1. The van der Waals surface area contributed by atoms with E-state index in [4.69, 9.17) is 11.6 Å². The molecule has 1 aliphatic heterocycles. The van der Waals surface area contributed by atoms with E-state index in [1.54, 1.807) is 6.92 Å². The molecule has 7 nitrogen and oxygen atoms in total. The Morgan fingerprint density at radius 3 is 2.76 bits per heavy atom. The summed E-state index contributed by atoms with van der Waals surface area (Å²) >= 11 is 6.00. The predicted molar refractivity (Wildman–Crippen MR) is 74.0 cm³/mol. The summed E-state index contributed by atoms with van der Waals surface area (Å²) in [6.07, 6.45) is 1.37. The molecule has 1 saturated heterocycles. The van der Waals surface area contributed by atoms with E-state index in [0.717, 1.165) is 6.42 Å². The number of halogens is 1. The summed E-state index contributed by atoms with van der Waals surface area (Å²) < 4.78 is 0. The number of hydrogen-bond donors (Lipinski definition) is 3. The molecule has 3 N–H and O–H groups in total. The van der Waals surface area contributed by atoms with Gasteiger partial charge in [-0.05, 0) is 19.8 Å². The van der Waals surface area contributed by atoms with Gasteiger partial charge < -0.3 is 15.6 Å². The predicted octanol–water partition coefficient (Wildman–Crippen LogP) is 0.416. The molecule has 0 unspecified atom stereocenters. The van der Waals surface area contributed by atoms with Crippen LogP contribution in [-0.4, -0.2) is 40.0 Å². The number of nitrogens with one attached hydrogen (secondary N) is 3. The van der Waals surface area contributed by atoms with Gasteiger partial charge in [-0.2, -0.15) is 0 Å². The Labute approximate surface area is 125 Å². The highest BCUT2D eigenvalue weighted by atomic mass is 35.5. The number of piperidine rings is 1. The minimum absolute atomic E-state index is 0.0422. The van der Waals surface area contributed by atoms with E-state index in [2.05, 4.69) is 20.6 Å². The maximum atomic E-state index is 12.4. The van der Waals surface area contributed by atoms with Crippen molar-refractivity contribution >= 4 is 29.1 Å². The van der Waals surface area contributed by atoms with Crippen molar-refractivity contribution in [1.29, 1.82) is 0 Å². The number of allylic oxidation sites excluding steroid dienone is 2. The number of ketones is 2. The fourth-order valence-electron chi connectivity index (χ4n) is 2.47. The number of aromatic amines is 1. The Morgan fingerprint density at radius 1 is 1.29 bits per heavy atom. The molecule has 21 heavy (non-hydrogen) atoms. The third-order valence-corrected chi connectivity index (χ3v) is 3.87. The molecule has 1 aromatic heterocycles. The first kappa shape index (κ1) is 13.8. The van der Waals surface area contributed by atoms with Gasteiger partial charge in [0.1, 0.15) is 34.0 Å². The van der Waals surface area contributed by atoms with Gasteiger partial charge in [0.2, 0.25) is 17.5 Å². The van der Waals surface area contributed by atoms with Crippen LogP contribution >= 0.6 is 11.6 Å². The number of nitrogens with zero attached hydrogens (tertiary/aromatic N) is 1. The number of imidazole rings is 1. The van der Waals surface area contributed by atoms with Crippen LogP contribution in [0.4, 0.5) is 0 Å². The van der Waals surface area contributed by atoms with Crippen molar-refractivity contribution in [2.24, 2.45) is 0 Å². The summed E-state index contributed by atoms with van der Waals surface area (Å²) in [6.45, 7) is 2.26. The second-order valence-electron chi connectivity index (χ2n) is 5.02.